The predicted molar refractivity (Wildman–Crippen MR) is 78.8 cm³/mol. The summed E-state index contributed by atoms with van der Waals surface area (Å²) in [4.78, 5) is 27.4. The molecule has 1 heterocycles. The normalized spacial score (nSPS) is 16.2. The molecule has 1 amide bonds. The third-order valence-electron chi connectivity index (χ3n) is 3.85. The zero-order valence-electron chi connectivity index (χ0n) is 12.3. The van der Waals surface area contributed by atoms with Crippen molar-refractivity contribution in [2.45, 2.75) is 20.3 Å². The second-order valence-electron chi connectivity index (χ2n) is 5.39. The summed E-state index contributed by atoms with van der Waals surface area (Å²) in [5.41, 5.74) is 1.96. The molecule has 20 heavy (non-hydrogen) atoms. The van der Waals surface area contributed by atoms with E-state index in [0.717, 1.165) is 38.3 Å². The van der Waals surface area contributed by atoms with Gasteiger partial charge in [-0.1, -0.05) is 29.8 Å². The minimum atomic E-state index is 0.139. The summed E-state index contributed by atoms with van der Waals surface area (Å²) in [5, 5.41) is 0. The van der Waals surface area contributed by atoms with Gasteiger partial charge in [-0.2, -0.15) is 0 Å². The highest BCUT2D eigenvalue weighted by molar-refractivity contribution is 5.96. The topological polar surface area (TPSA) is 40.6 Å². The highest BCUT2D eigenvalue weighted by atomic mass is 16.2. The van der Waals surface area contributed by atoms with Crippen LogP contribution in [0.15, 0.2) is 24.3 Å². The van der Waals surface area contributed by atoms with E-state index in [1.807, 2.05) is 36.1 Å². The van der Waals surface area contributed by atoms with Crippen molar-refractivity contribution >= 4 is 11.7 Å². The van der Waals surface area contributed by atoms with Crippen molar-refractivity contribution in [2.24, 2.45) is 0 Å². The van der Waals surface area contributed by atoms with Crippen LogP contribution in [0.3, 0.4) is 0 Å². The van der Waals surface area contributed by atoms with Gasteiger partial charge in [-0.15, -0.1) is 0 Å². The molecule has 1 saturated heterocycles. The Bertz CT molecular complexity index is 474. The van der Waals surface area contributed by atoms with E-state index in [4.69, 9.17) is 0 Å². The van der Waals surface area contributed by atoms with Crippen LogP contribution in [0, 0.1) is 6.92 Å². The van der Waals surface area contributed by atoms with Gasteiger partial charge in [-0.3, -0.25) is 14.5 Å². The summed E-state index contributed by atoms with van der Waals surface area (Å²) in [6.07, 6.45) is 0.545. The van der Waals surface area contributed by atoms with Gasteiger partial charge in [0.05, 0.1) is 0 Å². The highest BCUT2D eigenvalue weighted by Gasteiger charge is 2.19. The second kappa shape index (κ2) is 6.66. The third-order valence-corrected chi connectivity index (χ3v) is 3.85. The molecule has 0 bridgehead atoms. The summed E-state index contributed by atoms with van der Waals surface area (Å²) >= 11 is 0. The number of aryl methyl sites for hydroxylation is 1. The zero-order valence-corrected chi connectivity index (χ0v) is 12.3. The van der Waals surface area contributed by atoms with Crippen molar-refractivity contribution < 1.29 is 9.59 Å². The fourth-order valence-corrected chi connectivity index (χ4v) is 2.43. The average molecular weight is 274 g/mol. The molecule has 0 N–H and O–H groups in total. The molecule has 1 aromatic rings. The first kappa shape index (κ1) is 14.7. The quantitative estimate of drug-likeness (QED) is 0.785. The molecule has 2 rings (SSSR count). The van der Waals surface area contributed by atoms with E-state index in [-0.39, 0.29) is 11.7 Å². The Morgan fingerprint density at radius 2 is 1.65 bits per heavy atom. The number of hydrogen-bond acceptors (Lipinski definition) is 3. The molecule has 1 aromatic carbocycles. The Morgan fingerprint density at radius 1 is 1.05 bits per heavy atom. The van der Waals surface area contributed by atoms with E-state index in [9.17, 15) is 9.59 Å². The number of amides is 1. The summed E-state index contributed by atoms with van der Waals surface area (Å²) in [7, 11) is 0. The average Bonchev–Trinajstić information content (AvgIpc) is 2.46. The summed E-state index contributed by atoms with van der Waals surface area (Å²) in [6.45, 7) is 7.67. The molecule has 0 unspecified atom stereocenters. The van der Waals surface area contributed by atoms with Crippen LogP contribution in [-0.2, 0) is 4.79 Å². The maximum Gasteiger partial charge on any atom is 0.219 e. The van der Waals surface area contributed by atoms with Gasteiger partial charge in [-0.05, 0) is 6.92 Å². The number of Topliss-reactive ketones (excluding diaryl/α,β-unsaturated/α-hetero) is 1. The van der Waals surface area contributed by atoms with Crippen molar-refractivity contribution in [2.75, 3.05) is 32.7 Å². The Morgan fingerprint density at radius 3 is 2.20 bits per heavy atom. The first-order valence-electron chi connectivity index (χ1n) is 7.14. The van der Waals surface area contributed by atoms with Crippen molar-refractivity contribution in [1.29, 1.82) is 0 Å². The number of carbonyl (C=O) groups excluding carboxylic acids is 2. The molecule has 4 nitrogen and oxygen atoms in total. The molecule has 1 aliphatic rings. The Balaban J connectivity index is 1.77. The van der Waals surface area contributed by atoms with Crippen molar-refractivity contribution in [1.82, 2.24) is 9.80 Å². The predicted octanol–water partition coefficient (Wildman–Crippen LogP) is 1.73. The van der Waals surface area contributed by atoms with Gasteiger partial charge in [0.25, 0.3) is 0 Å². The van der Waals surface area contributed by atoms with Crippen LogP contribution in [0.25, 0.3) is 0 Å². The van der Waals surface area contributed by atoms with Gasteiger partial charge in [0.2, 0.25) is 5.91 Å². The molecule has 0 saturated carbocycles. The number of piperazine rings is 1. The van der Waals surface area contributed by atoms with Gasteiger partial charge >= 0.3 is 0 Å². The van der Waals surface area contributed by atoms with Crippen LogP contribution < -0.4 is 0 Å². The van der Waals surface area contributed by atoms with E-state index >= 15 is 0 Å². The van der Waals surface area contributed by atoms with Gasteiger partial charge in [0.15, 0.2) is 5.78 Å². The second-order valence-corrected chi connectivity index (χ2v) is 5.39. The fraction of sp³-hybridized carbons (Fsp3) is 0.500. The van der Waals surface area contributed by atoms with E-state index in [1.165, 1.54) is 5.56 Å². The van der Waals surface area contributed by atoms with Crippen LogP contribution in [0.5, 0.6) is 0 Å². The molecule has 1 fully saturated rings. The maximum absolute atomic E-state index is 12.1. The van der Waals surface area contributed by atoms with Crippen molar-refractivity contribution in [3.8, 4) is 0 Å². The van der Waals surface area contributed by atoms with E-state index in [0.29, 0.717) is 6.42 Å². The lowest BCUT2D eigenvalue weighted by Gasteiger charge is -2.34. The molecule has 0 aromatic heterocycles. The van der Waals surface area contributed by atoms with Crippen LogP contribution in [-0.4, -0.2) is 54.2 Å². The first-order chi connectivity index (χ1) is 9.56. The lowest BCUT2D eigenvalue weighted by Crippen LogP contribution is -2.48. The molecule has 0 aliphatic carbocycles. The number of nitrogens with zero attached hydrogens (tertiary/aromatic N) is 2. The number of benzene rings is 1. The third kappa shape index (κ3) is 3.90. The Kier molecular flexibility index (Phi) is 4.90. The lowest BCUT2D eigenvalue weighted by molar-refractivity contribution is -0.130. The Hall–Kier alpha value is -1.68. The van der Waals surface area contributed by atoms with Gasteiger partial charge < -0.3 is 4.90 Å². The molecule has 0 radical (unpaired) electrons. The van der Waals surface area contributed by atoms with Crippen LogP contribution in [0.4, 0.5) is 0 Å². The minimum absolute atomic E-state index is 0.139. The molecule has 0 spiro atoms. The zero-order chi connectivity index (χ0) is 14.5. The number of hydrogen-bond donors (Lipinski definition) is 0. The van der Waals surface area contributed by atoms with Gasteiger partial charge in [-0.25, -0.2) is 0 Å². The maximum atomic E-state index is 12.1. The standard InChI is InChI=1S/C16H22N2O2/c1-13-3-5-15(6-4-13)16(20)7-8-17-9-11-18(12-10-17)14(2)19/h3-6H,7-12H2,1-2H3. The molecule has 4 heteroatoms. The summed E-state index contributed by atoms with van der Waals surface area (Å²) in [5.74, 6) is 0.333. The highest BCUT2D eigenvalue weighted by Crippen LogP contribution is 2.08. The van der Waals surface area contributed by atoms with Gasteiger partial charge in [0.1, 0.15) is 0 Å². The summed E-state index contributed by atoms with van der Waals surface area (Å²) < 4.78 is 0. The first-order valence-corrected chi connectivity index (χ1v) is 7.14. The van der Waals surface area contributed by atoms with Crippen LogP contribution in [0.2, 0.25) is 0 Å². The van der Waals surface area contributed by atoms with E-state index in [2.05, 4.69) is 4.90 Å². The monoisotopic (exact) mass is 274 g/mol. The lowest BCUT2D eigenvalue weighted by atomic mass is 10.1. The molecular weight excluding hydrogens is 252 g/mol. The largest absolute Gasteiger partial charge is 0.340 e. The molecular formula is C16H22N2O2. The van der Waals surface area contributed by atoms with Crippen LogP contribution >= 0.6 is 0 Å². The van der Waals surface area contributed by atoms with Crippen molar-refractivity contribution in [3.63, 3.8) is 0 Å². The number of carbonyl (C=O) groups is 2. The van der Waals surface area contributed by atoms with E-state index < -0.39 is 0 Å². The van der Waals surface area contributed by atoms with Gasteiger partial charge in [0, 0.05) is 51.6 Å². The molecule has 0 atom stereocenters. The SMILES string of the molecule is CC(=O)N1CCN(CCC(=O)c2ccc(C)cc2)CC1. The fourth-order valence-electron chi connectivity index (χ4n) is 2.43. The number of ketones is 1. The number of rotatable bonds is 4. The smallest absolute Gasteiger partial charge is 0.219 e. The van der Waals surface area contributed by atoms with E-state index in [1.54, 1.807) is 6.92 Å². The van der Waals surface area contributed by atoms with Crippen LogP contribution in [0.1, 0.15) is 29.3 Å². The minimum Gasteiger partial charge on any atom is -0.340 e. The molecule has 108 valence electrons. The summed E-state index contributed by atoms with van der Waals surface area (Å²) in [6, 6.07) is 7.73. The Labute approximate surface area is 120 Å². The van der Waals surface area contributed by atoms with Crippen molar-refractivity contribution in [3.05, 3.63) is 35.4 Å². The molecule has 1 aliphatic heterocycles.